The smallest absolute Gasteiger partial charge is 0.382 e. The summed E-state index contributed by atoms with van der Waals surface area (Å²) in [7, 11) is 0. The number of hydrogen-bond donors (Lipinski definition) is 2. The van der Waals surface area contributed by atoms with Gasteiger partial charge in [-0.05, 0) is 28.8 Å². The van der Waals surface area contributed by atoms with E-state index < -0.39 is 23.6 Å². The number of Topliss-reactive ketones (excluding diaryl/α,β-unsaturated/α-hetero) is 1. The summed E-state index contributed by atoms with van der Waals surface area (Å²) in [4.78, 5) is 39.6. The molecule has 0 saturated carbocycles. The summed E-state index contributed by atoms with van der Waals surface area (Å²) in [5, 5.41) is 0. The number of nitrogen functional groups attached to an aromatic ring is 1. The van der Waals surface area contributed by atoms with Gasteiger partial charge in [-0.2, -0.15) is 18.2 Å². The zero-order valence-electron chi connectivity index (χ0n) is 14.5. The van der Waals surface area contributed by atoms with Gasteiger partial charge in [0.25, 0.3) is 0 Å². The molecule has 150 valence electrons. The number of aromatic nitrogens is 4. The van der Waals surface area contributed by atoms with Crippen LogP contribution in [0.25, 0.3) is 0 Å². The Labute approximate surface area is 165 Å². The Morgan fingerprint density at radius 3 is 2.82 bits per heavy atom. The number of H-pyrrole nitrogens is 1. The molecular weight excluding hydrogens is 445 g/mol. The summed E-state index contributed by atoms with van der Waals surface area (Å²) >= 11 is 3.10. The van der Waals surface area contributed by atoms with Crippen LogP contribution in [0.3, 0.4) is 0 Å². The van der Waals surface area contributed by atoms with Crippen molar-refractivity contribution in [3.8, 4) is 0 Å². The molecule has 3 heterocycles. The number of rotatable bonds is 4. The fraction of sp³-hybridized carbons (Fsp3) is 0.438. The van der Waals surface area contributed by atoms with Crippen LogP contribution in [0.4, 0.5) is 24.7 Å². The van der Waals surface area contributed by atoms with Crippen LogP contribution in [0.1, 0.15) is 29.0 Å². The molecular formula is C16H16BrF3N6O2. The Kier molecular flexibility index (Phi) is 5.68. The number of carbonyl (C=O) groups is 1. The van der Waals surface area contributed by atoms with Crippen molar-refractivity contribution in [1.29, 1.82) is 0 Å². The van der Waals surface area contributed by atoms with Crippen LogP contribution in [-0.2, 0) is 6.42 Å². The Bertz CT molecular complexity index is 949. The maximum atomic E-state index is 13.1. The zero-order valence-corrected chi connectivity index (χ0v) is 16.0. The van der Waals surface area contributed by atoms with E-state index in [4.69, 9.17) is 5.73 Å². The molecule has 1 fully saturated rings. The van der Waals surface area contributed by atoms with Gasteiger partial charge >= 0.3 is 11.9 Å². The number of nitrogens with one attached hydrogen (secondary N) is 1. The van der Waals surface area contributed by atoms with Gasteiger partial charge in [0.05, 0.1) is 36.1 Å². The fourth-order valence-electron chi connectivity index (χ4n) is 3.12. The Hall–Kier alpha value is -2.50. The van der Waals surface area contributed by atoms with Crippen LogP contribution in [0.2, 0.25) is 0 Å². The highest BCUT2D eigenvalue weighted by Crippen LogP contribution is 2.35. The second-order valence-corrected chi connectivity index (χ2v) is 7.22. The third-order valence-electron chi connectivity index (χ3n) is 4.47. The quantitative estimate of drug-likeness (QED) is 0.670. The van der Waals surface area contributed by atoms with Gasteiger partial charge in [0.2, 0.25) is 0 Å². The maximum Gasteiger partial charge on any atom is 0.393 e. The molecule has 2 aromatic rings. The molecule has 0 bridgehead atoms. The lowest BCUT2D eigenvalue weighted by Crippen LogP contribution is -2.42. The molecule has 28 heavy (non-hydrogen) atoms. The Balaban J connectivity index is 1.90. The van der Waals surface area contributed by atoms with Gasteiger partial charge in [-0.1, -0.05) is 0 Å². The van der Waals surface area contributed by atoms with E-state index in [1.807, 2.05) is 0 Å². The van der Waals surface area contributed by atoms with E-state index in [0.717, 1.165) is 0 Å². The first-order valence-electron chi connectivity index (χ1n) is 8.36. The van der Waals surface area contributed by atoms with Crippen molar-refractivity contribution in [2.75, 3.05) is 23.7 Å². The summed E-state index contributed by atoms with van der Waals surface area (Å²) < 4.78 is 39.7. The van der Waals surface area contributed by atoms with Gasteiger partial charge in [0.15, 0.2) is 11.6 Å². The molecule has 3 rings (SSSR count). The third-order valence-corrected chi connectivity index (χ3v) is 4.85. The molecule has 1 atom stereocenters. The Morgan fingerprint density at radius 1 is 1.36 bits per heavy atom. The standard InChI is InChI=1S/C16H16BrF3N6O2/c17-12-6-22-14(21)13(25-12)11(27)4-9-10(5-23-15(28)24-9)26-3-1-2-8(7-26)16(18,19)20/h5-6,8H,1-4,7H2,(H2,21,22)(H,23,24,28). The van der Waals surface area contributed by atoms with Crippen molar-refractivity contribution in [2.24, 2.45) is 5.92 Å². The summed E-state index contributed by atoms with van der Waals surface area (Å²) in [5.74, 6) is -2.09. The monoisotopic (exact) mass is 460 g/mol. The summed E-state index contributed by atoms with van der Waals surface area (Å²) in [6, 6.07) is 0. The molecule has 3 N–H and O–H groups in total. The molecule has 0 amide bonds. The van der Waals surface area contributed by atoms with Crippen LogP contribution in [0.15, 0.2) is 21.8 Å². The van der Waals surface area contributed by atoms with E-state index in [1.54, 1.807) is 0 Å². The van der Waals surface area contributed by atoms with Crippen LogP contribution >= 0.6 is 15.9 Å². The highest BCUT2D eigenvalue weighted by Gasteiger charge is 2.42. The van der Waals surface area contributed by atoms with Crippen LogP contribution in [-0.4, -0.2) is 45.0 Å². The van der Waals surface area contributed by atoms with Crippen molar-refractivity contribution >= 4 is 33.2 Å². The minimum atomic E-state index is -4.31. The van der Waals surface area contributed by atoms with Crippen LogP contribution in [0.5, 0.6) is 0 Å². The minimum absolute atomic E-state index is 0.0369. The van der Waals surface area contributed by atoms with E-state index in [9.17, 15) is 22.8 Å². The van der Waals surface area contributed by atoms with E-state index in [2.05, 4.69) is 35.9 Å². The number of alkyl halides is 3. The number of carbonyl (C=O) groups excluding carboxylic acids is 1. The molecule has 1 aliphatic heterocycles. The number of hydrogen-bond acceptors (Lipinski definition) is 7. The Morgan fingerprint density at radius 2 is 2.11 bits per heavy atom. The molecule has 1 unspecified atom stereocenters. The topological polar surface area (TPSA) is 118 Å². The summed E-state index contributed by atoms with van der Waals surface area (Å²) in [6.45, 7) is 0.0948. The summed E-state index contributed by atoms with van der Waals surface area (Å²) in [5.41, 5.74) is 5.33. The van der Waals surface area contributed by atoms with Crippen LogP contribution < -0.4 is 16.3 Å². The first-order chi connectivity index (χ1) is 13.1. The predicted octanol–water partition coefficient (Wildman–Crippen LogP) is 2.11. The predicted molar refractivity (Wildman–Crippen MR) is 98.0 cm³/mol. The fourth-order valence-corrected chi connectivity index (χ4v) is 3.40. The van der Waals surface area contributed by atoms with E-state index >= 15 is 0 Å². The van der Waals surface area contributed by atoms with Crippen molar-refractivity contribution in [2.45, 2.75) is 25.4 Å². The first-order valence-corrected chi connectivity index (χ1v) is 9.15. The van der Waals surface area contributed by atoms with Crippen molar-refractivity contribution in [3.05, 3.63) is 38.9 Å². The normalized spacial score (nSPS) is 17.6. The second kappa shape index (κ2) is 7.86. The lowest BCUT2D eigenvalue weighted by atomic mass is 9.96. The maximum absolute atomic E-state index is 13.1. The molecule has 12 heteroatoms. The highest BCUT2D eigenvalue weighted by atomic mass is 79.9. The minimum Gasteiger partial charge on any atom is -0.382 e. The average Bonchev–Trinajstić information content (AvgIpc) is 2.63. The van der Waals surface area contributed by atoms with Gasteiger partial charge < -0.3 is 15.6 Å². The highest BCUT2D eigenvalue weighted by molar-refractivity contribution is 9.10. The molecule has 0 aliphatic carbocycles. The molecule has 0 spiro atoms. The average molecular weight is 461 g/mol. The van der Waals surface area contributed by atoms with E-state index in [0.29, 0.717) is 17.6 Å². The number of aromatic amines is 1. The van der Waals surface area contributed by atoms with Gasteiger partial charge in [-0.3, -0.25) is 4.79 Å². The van der Waals surface area contributed by atoms with Crippen LogP contribution in [0, 0.1) is 5.92 Å². The number of anilines is 2. The lowest BCUT2D eigenvalue weighted by molar-refractivity contribution is -0.176. The molecule has 1 aliphatic rings. The largest absolute Gasteiger partial charge is 0.393 e. The molecule has 0 aromatic carbocycles. The van der Waals surface area contributed by atoms with Gasteiger partial charge in [-0.15, -0.1) is 0 Å². The first kappa shape index (κ1) is 20.2. The number of piperidine rings is 1. The molecule has 8 nitrogen and oxygen atoms in total. The van der Waals surface area contributed by atoms with Crippen molar-refractivity contribution < 1.29 is 18.0 Å². The number of ketones is 1. The lowest BCUT2D eigenvalue weighted by Gasteiger charge is -2.35. The van der Waals surface area contributed by atoms with Crippen molar-refractivity contribution in [3.63, 3.8) is 0 Å². The number of nitrogens with two attached hydrogens (primary N) is 1. The van der Waals surface area contributed by atoms with Gasteiger partial charge in [0.1, 0.15) is 10.3 Å². The van der Waals surface area contributed by atoms with Gasteiger partial charge in [-0.25, -0.2) is 14.8 Å². The molecule has 2 aromatic heterocycles. The summed E-state index contributed by atoms with van der Waals surface area (Å²) in [6.07, 6.45) is -1.73. The molecule has 1 saturated heterocycles. The van der Waals surface area contributed by atoms with Crippen molar-refractivity contribution in [1.82, 2.24) is 19.9 Å². The number of halogens is 4. The zero-order chi connectivity index (χ0) is 20.5. The third kappa shape index (κ3) is 4.49. The van der Waals surface area contributed by atoms with E-state index in [-0.39, 0.29) is 42.3 Å². The van der Waals surface area contributed by atoms with Gasteiger partial charge in [0, 0.05) is 13.1 Å². The molecule has 0 radical (unpaired) electrons. The number of nitrogens with zero attached hydrogens (tertiary/aromatic N) is 4. The van der Waals surface area contributed by atoms with E-state index in [1.165, 1.54) is 17.3 Å². The second-order valence-electron chi connectivity index (χ2n) is 6.41. The SMILES string of the molecule is Nc1ncc(Br)nc1C(=O)Cc1[nH]c(=O)ncc1N1CCCC(C(F)(F)F)C1.